The first-order chi connectivity index (χ1) is 15.2. The fourth-order valence-electron chi connectivity index (χ4n) is 3.73. The van der Waals surface area contributed by atoms with Gasteiger partial charge in [0.05, 0.1) is 11.4 Å². The summed E-state index contributed by atoms with van der Waals surface area (Å²) in [6.07, 6.45) is -4.28. The molecule has 1 aliphatic rings. The zero-order valence-corrected chi connectivity index (χ0v) is 17.2. The molecule has 168 valence electrons. The lowest BCUT2D eigenvalue weighted by atomic mass is 9.98. The molecule has 0 saturated carbocycles. The Kier molecular flexibility index (Phi) is 5.74. The molecule has 0 radical (unpaired) electrons. The highest BCUT2D eigenvalue weighted by molar-refractivity contribution is 6.03. The van der Waals surface area contributed by atoms with Gasteiger partial charge in [0.15, 0.2) is 5.69 Å². The molecule has 0 unspecified atom stereocenters. The van der Waals surface area contributed by atoms with Crippen molar-refractivity contribution in [2.75, 3.05) is 18.9 Å². The van der Waals surface area contributed by atoms with Gasteiger partial charge in [0, 0.05) is 25.7 Å². The van der Waals surface area contributed by atoms with Crippen LogP contribution in [-0.4, -0.2) is 34.2 Å². The Morgan fingerprint density at radius 3 is 2.72 bits per heavy atom. The predicted octanol–water partition coefficient (Wildman–Crippen LogP) is 3.73. The second-order valence-corrected chi connectivity index (χ2v) is 7.71. The van der Waals surface area contributed by atoms with Gasteiger partial charge in [-0.05, 0) is 48.4 Å². The summed E-state index contributed by atoms with van der Waals surface area (Å²) in [5.74, 6) is -1.48. The summed E-state index contributed by atoms with van der Waals surface area (Å²) in [5.41, 5.74) is 6.14. The Bertz CT molecular complexity index is 1170. The van der Waals surface area contributed by atoms with Crippen LogP contribution < -0.4 is 11.1 Å². The first-order valence-corrected chi connectivity index (χ1v) is 9.94. The minimum absolute atomic E-state index is 0.0877. The molecule has 3 N–H and O–H groups in total. The van der Waals surface area contributed by atoms with E-state index in [9.17, 15) is 18.0 Å². The number of nitrogens with zero attached hydrogens (tertiary/aromatic N) is 3. The summed E-state index contributed by atoms with van der Waals surface area (Å²) < 4.78 is 55.9. The van der Waals surface area contributed by atoms with Crippen molar-refractivity contribution in [3.8, 4) is 5.69 Å². The van der Waals surface area contributed by atoms with Crippen LogP contribution in [0.4, 0.5) is 23.2 Å². The molecule has 0 bridgehead atoms. The standard InChI is InChI=1S/C22H21F4N5O/c1-30-8-7-16-14(12-30)5-6-17(20(16)23)28-21(32)18-10-19(22(24,25)26)29-31(18)15-4-2-3-13(9-15)11-27/h2-6,9-10H,7-8,11-12,27H2,1H3,(H,28,32). The van der Waals surface area contributed by atoms with E-state index in [-0.39, 0.29) is 23.6 Å². The average Bonchev–Trinajstić information content (AvgIpc) is 3.22. The number of carbonyl (C=O) groups excluding carboxylic acids is 1. The van der Waals surface area contributed by atoms with Gasteiger partial charge in [-0.2, -0.15) is 18.3 Å². The number of aromatic nitrogens is 2. The summed E-state index contributed by atoms with van der Waals surface area (Å²) >= 11 is 0. The van der Waals surface area contributed by atoms with Crippen LogP contribution in [0.25, 0.3) is 5.69 Å². The second kappa shape index (κ2) is 8.36. The quantitative estimate of drug-likeness (QED) is 0.598. The van der Waals surface area contributed by atoms with Crippen LogP contribution in [-0.2, 0) is 25.7 Å². The van der Waals surface area contributed by atoms with E-state index in [2.05, 4.69) is 10.4 Å². The molecular formula is C22H21F4N5O. The number of anilines is 1. The summed E-state index contributed by atoms with van der Waals surface area (Å²) in [7, 11) is 1.93. The van der Waals surface area contributed by atoms with Gasteiger partial charge >= 0.3 is 6.18 Å². The van der Waals surface area contributed by atoms with Crippen molar-refractivity contribution < 1.29 is 22.4 Å². The molecule has 3 aromatic rings. The highest BCUT2D eigenvalue weighted by atomic mass is 19.4. The van der Waals surface area contributed by atoms with Crippen molar-refractivity contribution in [2.45, 2.75) is 25.7 Å². The molecular weight excluding hydrogens is 426 g/mol. The smallest absolute Gasteiger partial charge is 0.326 e. The van der Waals surface area contributed by atoms with E-state index in [1.165, 1.54) is 12.1 Å². The maximum absolute atomic E-state index is 15.0. The molecule has 2 heterocycles. The number of alkyl halides is 3. The fourth-order valence-corrected chi connectivity index (χ4v) is 3.73. The summed E-state index contributed by atoms with van der Waals surface area (Å²) in [5, 5.41) is 5.99. The molecule has 4 rings (SSSR count). The number of hydrogen-bond acceptors (Lipinski definition) is 4. The van der Waals surface area contributed by atoms with E-state index in [1.54, 1.807) is 24.3 Å². The Balaban J connectivity index is 1.71. The number of benzene rings is 2. The Labute approximate surface area is 181 Å². The minimum atomic E-state index is -4.76. The van der Waals surface area contributed by atoms with Crippen LogP contribution >= 0.6 is 0 Å². The number of rotatable bonds is 4. The lowest BCUT2D eigenvalue weighted by Crippen LogP contribution is -2.27. The van der Waals surface area contributed by atoms with E-state index < -0.39 is 23.6 Å². The molecule has 1 aliphatic heterocycles. The monoisotopic (exact) mass is 447 g/mol. The molecule has 0 aliphatic carbocycles. The number of likely N-dealkylation sites (N-methyl/N-ethyl adjacent to an activating group) is 1. The van der Waals surface area contributed by atoms with Crippen LogP contribution in [0.2, 0.25) is 0 Å². The third-order valence-electron chi connectivity index (χ3n) is 5.40. The minimum Gasteiger partial charge on any atom is -0.326 e. The maximum atomic E-state index is 15.0. The Hall–Kier alpha value is -3.24. The summed E-state index contributed by atoms with van der Waals surface area (Å²) in [6.45, 7) is 1.42. The van der Waals surface area contributed by atoms with Crippen molar-refractivity contribution in [1.82, 2.24) is 14.7 Å². The molecule has 0 saturated heterocycles. The number of nitrogens with two attached hydrogens (primary N) is 1. The van der Waals surface area contributed by atoms with Gasteiger partial charge in [0.25, 0.3) is 5.91 Å². The number of fused-ring (bicyclic) bond motifs is 1. The van der Waals surface area contributed by atoms with Crippen LogP contribution in [0, 0.1) is 5.82 Å². The van der Waals surface area contributed by atoms with E-state index in [0.717, 1.165) is 10.2 Å². The number of halogens is 4. The van der Waals surface area contributed by atoms with E-state index in [4.69, 9.17) is 5.73 Å². The van der Waals surface area contributed by atoms with Gasteiger partial charge in [0.2, 0.25) is 0 Å². The molecule has 0 atom stereocenters. The van der Waals surface area contributed by atoms with Crippen LogP contribution in [0.3, 0.4) is 0 Å². The second-order valence-electron chi connectivity index (χ2n) is 7.71. The molecule has 0 spiro atoms. The predicted molar refractivity (Wildman–Crippen MR) is 111 cm³/mol. The van der Waals surface area contributed by atoms with E-state index >= 15 is 4.39 Å². The van der Waals surface area contributed by atoms with Gasteiger partial charge in [0.1, 0.15) is 11.5 Å². The molecule has 6 nitrogen and oxygen atoms in total. The Morgan fingerprint density at radius 2 is 2.00 bits per heavy atom. The number of carbonyl (C=O) groups is 1. The Morgan fingerprint density at radius 1 is 1.22 bits per heavy atom. The van der Waals surface area contributed by atoms with Gasteiger partial charge < -0.3 is 16.0 Å². The molecule has 1 amide bonds. The third-order valence-corrected chi connectivity index (χ3v) is 5.40. The molecule has 0 fully saturated rings. The zero-order chi connectivity index (χ0) is 23.0. The van der Waals surface area contributed by atoms with Gasteiger partial charge in [-0.3, -0.25) is 4.79 Å². The lowest BCUT2D eigenvalue weighted by Gasteiger charge is -2.26. The van der Waals surface area contributed by atoms with E-state index in [0.29, 0.717) is 36.7 Å². The summed E-state index contributed by atoms with van der Waals surface area (Å²) in [6, 6.07) is 10.2. The number of hydrogen-bond donors (Lipinski definition) is 2. The first kappa shape index (κ1) is 22.0. The first-order valence-electron chi connectivity index (χ1n) is 9.94. The molecule has 32 heavy (non-hydrogen) atoms. The average molecular weight is 447 g/mol. The molecule has 10 heteroatoms. The normalized spacial score (nSPS) is 14.3. The molecule has 1 aromatic heterocycles. The molecule has 2 aromatic carbocycles. The van der Waals surface area contributed by atoms with Gasteiger partial charge in [-0.15, -0.1) is 0 Å². The zero-order valence-electron chi connectivity index (χ0n) is 17.2. The SMILES string of the molecule is CN1CCc2c(ccc(NC(=O)c3cc(C(F)(F)F)nn3-c3cccc(CN)c3)c2F)C1. The van der Waals surface area contributed by atoms with Crippen molar-refractivity contribution in [1.29, 1.82) is 0 Å². The topological polar surface area (TPSA) is 76.2 Å². The lowest BCUT2D eigenvalue weighted by molar-refractivity contribution is -0.141. The van der Waals surface area contributed by atoms with Gasteiger partial charge in [-0.25, -0.2) is 9.07 Å². The highest BCUT2D eigenvalue weighted by Gasteiger charge is 2.36. The largest absolute Gasteiger partial charge is 0.435 e. The van der Waals surface area contributed by atoms with Crippen LogP contribution in [0.1, 0.15) is 32.9 Å². The summed E-state index contributed by atoms with van der Waals surface area (Å²) in [4.78, 5) is 15.0. The number of amides is 1. The van der Waals surface area contributed by atoms with Crippen molar-refractivity contribution in [3.63, 3.8) is 0 Å². The highest BCUT2D eigenvalue weighted by Crippen LogP contribution is 2.31. The van der Waals surface area contributed by atoms with Crippen molar-refractivity contribution in [3.05, 3.63) is 76.4 Å². The maximum Gasteiger partial charge on any atom is 0.435 e. The fraction of sp³-hybridized carbons (Fsp3) is 0.273. The van der Waals surface area contributed by atoms with Gasteiger partial charge in [-0.1, -0.05) is 18.2 Å². The van der Waals surface area contributed by atoms with Crippen molar-refractivity contribution in [2.24, 2.45) is 5.73 Å². The van der Waals surface area contributed by atoms with Crippen molar-refractivity contribution >= 4 is 11.6 Å². The van der Waals surface area contributed by atoms with Crippen LogP contribution in [0.5, 0.6) is 0 Å². The van der Waals surface area contributed by atoms with E-state index in [1.807, 2.05) is 11.9 Å². The third kappa shape index (κ3) is 4.23. The number of nitrogens with one attached hydrogen (secondary N) is 1. The van der Waals surface area contributed by atoms with Crippen LogP contribution in [0.15, 0.2) is 42.5 Å².